The fourth-order valence-corrected chi connectivity index (χ4v) is 1.97. The molecule has 1 aromatic heterocycles. The van der Waals surface area contributed by atoms with Crippen molar-refractivity contribution < 1.29 is 13.2 Å². The second kappa shape index (κ2) is 6.41. The van der Waals surface area contributed by atoms with E-state index in [0.29, 0.717) is 6.20 Å². The molecule has 0 amide bonds. The molecule has 2 aromatic rings. The van der Waals surface area contributed by atoms with E-state index < -0.39 is 17.6 Å². The minimum atomic E-state index is -4.60. The van der Waals surface area contributed by atoms with Crippen LogP contribution >= 0.6 is 0 Å². The lowest BCUT2D eigenvalue weighted by Crippen LogP contribution is -2.13. The van der Waals surface area contributed by atoms with Crippen molar-refractivity contribution in [1.29, 1.82) is 10.7 Å². The first-order chi connectivity index (χ1) is 11.3. The van der Waals surface area contributed by atoms with Gasteiger partial charge in [-0.15, -0.1) is 0 Å². The lowest BCUT2D eigenvalue weighted by Gasteiger charge is -2.14. The van der Waals surface area contributed by atoms with Crippen molar-refractivity contribution in [3.63, 3.8) is 0 Å². The van der Waals surface area contributed by atoms with Crippen molar-refractivity contribution in [1.82, 2.24) is 9.97 Å². The molecule has 0 aliphatic heterocycles. The molecule has 5 N–H and O–H groups in total. The standard InChI is InChI=1S/C14H12F3N7/c1-21-12-9(14(15,16)17)6-22-13(24-12)23-11-3-7(4-18)2-10(20)8(11)5-19/h2-3,5-6,19H,20H2,1H3,(H2,21,22,23,24). The molecule has 0 bridgehead atoms. The summed E-state index contributed by atoms with van der Waals surface area (Å²) in [5, 5.41) is 21.4. The molecule has 0 spiro atoms. The van der Waals surface area contributed by atoms with Crippen LogP contribution in [0.5, 0.6) is 0 Å². The van der Waals surface area contributed by atoms with Gasteiger partial charge in [0, 0.05) is 30.7 Å². The summed E-state index contributed by atoms with van der Waals surface area (Å²) < 4.78 is 38.5. The molecule has 10 heteroatoms. The third kappa shape index (κ3) is 3.35. The Hall–Kier alpha value is -3.35. The number of anilines is 4. The molecule has 1 aromatic carbocycles. The van der Waals surface area contributed by atoms with Crippen LogP contribution in [0.4, 0.5) is 36.3 Å². The van der Waals surface area contributed by atoms with Crippen LogP contribution in [0, 0.1) is 16.7 Å². The van der Waals surface area contributed by atoms with E-state index in [2.05, 4.69) is 20.6 Å². The Bertz CT molecular complexity index is 824. The van der Waals surface area contributed by atoms with Gasteiger partial charge in [0.25, 0.3) is 0 Å². The molecule has 0 radical (unpaired) electrons. The number of nitrogens with zero attached hydrogens (tertiary/aromatic N) is 3. The van der Waals surface area contributed by atoms with Gasteiger partial charge in [0.1, 0.15) is 11.4 Å². The van der Waals surface area contributed by atoms with E-state index in [4.69, 9.17) is 16.4 Å². The zero-order valence-electron chi connectivity index (χ0n) is 12.4. The number of benzene rings is 1. The Morgan fingerprint density at radius 3 is 2.62 bits per heavy atom. The van der Waals surface area contributed by atoms with E-state index in [1.54, 1.807) is 0 Å². The first-order valence-electron chi connectivity index (χ1n) is 6.53. The van der Waals surface area contributed by atoms with Crippen molar-refractivity contribution in [2.24, 2.45) is 0 Å². The molecule has 0 fully saturated rings. The second-order valence-corrected chi connectivity index (χ2v) is 4.61. The molecule has 0 unspecified atom stereocenters. The predicted molar refractivity (Wildman–Crippen MR) is 83.3 cm³/mol. The van der Waals surface area contributed by atoms with Gasteiger partial charge in [0.15, 0.2) is 0 Å². The van der Waals surface area contributed by atoms with Crippen LogP contribution in [-0.2, 0) is 6.18 Å². The SMILES string of the molecule is CNc1nc(Nc2cc(C#N)cc(N)c2C=N)ncc1C(F)(F)F. The van der Waals surface area contributed by atoms with Crippen LogP contribution in [0.3, 0.4) is 0 Å². The van der Waals surface area contributed by atoms with Crippen LogP contribution in [0.15, 0.2) is 18.3 Å². The molecule has 1 heterocycles. The van der Waals surface area contributed by atoms with E-state index in [9.17, 15) is 13.2 Å². The highest BCUT2D eigenvalue weighted by molar-refractivity contribution is 5.94. The van der Waals surface area contributed by atoms with Gasteiger partial charge < -0.3 is 21.8 Å². The Morgan fingerprint density at radius 1 is 1.38 bits per heavy atom. The molecule has 7 nitrogen and oxygen atoms in total. The Morgan fingerprint density at radius 2 is 2.08 bits per heavy atom. The van der Waals surface area contributed by atoms with Gasteiger partial charge in [-0.2, -0.15) is 23.4 Å². The van der Waals surface area contributed by atoms with E-state index >= 15 is 0 Å². The topological polar surface area (TPSA) is 124 Å². The normalized spacial score (nSPS) is 10.8. The van der Waals surface area contributed by atoms with E-state index in [1.807, 2.05) is 6.07 Å². The summed E-state index contributed by atoms with van der Waals surface area (Å²) in [6, 6.07) is 4.69. The number of nitrogen functional groups attached to an aromatic ring is 1. The molecule has 0 aliphatic rings. The number of alkyl halides is 3. The Balaban J connectivity index is 2.47. The van der Waals surface area contributed by atoms with Crippen molar-refractivity contribution in [3.8, 4) is 6.07 Å². The van der Waals surface area contributed by atoms with Gasteiger partial charge in [-0.05, 0) is 12.1 Å². The number of nitriles is 1. The number of nitrogens with one attached hydrogen (secondary N) is 3. The highest BCUT2D eigenvalue weighted by Gasteiger charge is 2.35. The zero-order chi connectivity index (χ0) is 17.9. The summed E-state index contributed by atoms with van der Waals surface area (Å²) >= 11 is 0. The van der Waals surface area contributed by atoms with Crippen LogP contribution in [0.2, 0.25) is 0 Å². The molecule has 0 aliphatic carbocycles. The number of nitrogens with two attached hydrogens (primary N) is 1. The summed E-state index contributed by atoms with van der Waals surface area (Å²) in [5.41, 5.74) is 5.65. The number of halogens is 3. The van der Waals surface area contributed by atoms with Crippen molar-refractivity contribution in [3.05, 3.63) is 35.0 Å². The molecule has 2 rings (SSSR count). The van der Waals surface area contributed by atoms with Crippen molar-refractivity contribution >= 4 is 29.4 Å². The molecular weight excluding hydrogens is 323 g/mol. The monoisotopic (exact) mass is 335 g/mol. The fraction of sp³-hybridized carbons (Fsp3) is 0.143. The summed E-state index contributed by atoms with van der Waals surface area (Å²) in [5.74, 6) is -0.536. The van der Waals surface area contributed by atoms with Crippen molar-refractivity contribution in [2.75, 3.05) is 23.4 Å². The maximum Gasteiger partial charge on any atom is 0.421 e. The minimum absolute atomic E-state index is 0.134. The zero-order valence-corrected chi connectivity index (χ0v) is 12.4. The van der Waals surface area contributed by atoms with Gasteiger partial charge >= 0.3 is 6.18 Å². The third-order valence-electron chi connectivity index (χ3n) is 3.06. The smallest absolute Gasteiger partial charge is 0.398 e. The predicted octanol–water partition coefficient (Wildman–Crippen LogP) is 2.73. The van der Waals surface area contributed by atoms with E-state index in [-0.39, 0.29) is 28.5 Å². The van der Waals surface area contributed by atoms with Crippen LogP contribution in [-0.4, -0.2) is 23.2 Å². The van der Waals surface area contributed by atoms with Crippen LogP contribution in [0.1, 0.15) is 16.7 Å². The third-order valence-corrected chi connectivity index (χ3v) is 3.06. The highest BCUT2D eigenvalue weighted by Crippen LogP contribution is 2.34. The molecule has 0 saturated carbocycles. The molecule has 24 heavy (non-hydrogen) atoms. The van der Waals surface area contributed by atoms with Crippen LogP contribution < -0.4 is 16.4 Å². The number of aromatic nitrogens is 2. The molecular formula is C14H12F3N7. The summed E-state index contributed by atoms with van der Waals surface area (Å²) in [6.45, 7) is 0. The van der Waals surface area contributed by atoms with Gasteiger partial charge in [-0.1, -0.05) is 0 Å². The number of hydrogen-bond donors (Lipinski definition) is 4. The van der Waals surface area contributed by atoms with Gasteiger partial charge in [-0.25, -0.2) is 4.98 Å². The van der Waals surface area contributed by atoms with Gasteiger partial charge in [0.05, 0.1) is 17.3 Å². The lowest BCUT2D eigenvalue weighted by molar-refractivity contribution is -0.137. The van der Waals surface area contributed by atoms with Crippen LogP contribution in [0.25, 0.3) is 0 Å². The lowest BCUT2D eigenvalue weighted by atomic mass is 10.1. The fourth-order valence-electron chi connectivity index (χ4n) is 1.97. The summed E-state index contributed by atoms with van der Waals surface area (Å²) in [6.07, 6.45) is -2.99. The van der Waals surface area contributed by atoms with E-state index in [0.717, 1.165) is 6.21 Å². The average molecular weight is 335 g/mol. The maximum atomic E-state index is 12.8. The Kier molecular flexibility index (Phi) is 4.54. The molecule has 0 saturated heterocycles. The quantitative estimate of drug-likeness (QED) is 0.503. The largest absolute Gasteiger partial charge is 0.421 e. The van der Waals surface area contributed by atoms with Gasteiger partial charge in [-0.3, -0.25) is 0 Å². The van der Waals surface area contributed by atoms with Gasteiger partial charge in [0.2, 0.25) is 5.95 Å². The average Bonchev–Trinajstić information content (AvgIpc) is 2.53. The molecule has 124 valence electrons. The molecule has 0 atom stereocenters. The highest BCUT2D eigenvalue weighted by atomic mass is 19.4. The number of hydrogen-bond acceptors (Lipinski definition) is 7. The summed E-state index contributed by atoms with van der Waals surface area (Å²) in [7, 11) is 1.30. The minimum Gasteiger partial charge on any atom is -0.398 e. The first kappa shape index (κ1) is 17.0. The first-order valence-corrected chi connectivity index (χ1v) is 6.53. The van der Waals surface area contributed by atoms with Crippen molar-refractivity contribution in [2.45, 2.75) is 6.18 Å². The summed E-state index contributed by atoms with van der Waals surface area (Å²) in [4.78, 5) is 7.39. The van der Waals surface area contributed by atoms with E-state index in [1.165, 1.54) is 19.2 Å². The second-order valence-electron chi connectivity index (χ2n) is 4.61. The maximum absolute atomic E-state index is 12.8. The number of rotatable bonds is 4. The Labute approximate surface area is 134 Å².